The Morgan fingerprint density at radius 3 is 2.57 bits per heavy atom. The number of nitrogens with two attached hydrogens (primary N) is 1. The minimum absolute atomic E-state index is 0.0244. The van der Waals surface area contributed by atoms with Crippen LogP contribution in [0.2, 0.25) is 0 Å². The zero-order chi connectivity index (χ0) is 16.4. The lowest BCUT2D eigenvalue weighted by atomic mass is 10.0. The van der Waals surface area contributed by atoms with Crippen LogP contribution in [0.5, 0.6) is 0 Å². The molecule has 0 aliphatic heterocycles. The zero-order valence-electron chi connectivity index (χ0n) is 13.7. The molecular formula is C18H23N3OS. The third-order valence-electron chi connectivity index (χ3n) is 4.19. The maximum Gasteiger partial charge on any atom is 0.273 e. The maximum absolute atomic E-state index is 12.8. The van der Waals surface area contributed by atoms with E-state index in [9.17, 15) is 4.79 Å². The standard InChI is InChI=1S/C18H23N3OS/c1-12(2)14-5-3-13(4-6-14)10-21(15-7-8-15)18(22)16-11-23-17(9-19)20-16/h3-6,11-12,15H,7-10,19H2,1-2H3. The number of amides is 1. The van der Waals surface area contributed by atoms with E-state index in [0.717, 1.165) is 17.8 Å². The third-order valence-corrected chi connectivity index (χ3v) is 5.06. The minimum Gasteiger partial charge on any atom is -0.330 e. The van der Waals surface area contributed by atoms with Crippen LogP contribution in [0.4, 0.5) is 0 Å². The molecule has 1 aliphatic carbocycles. The fourth-order valence-electron chi connectivity index (χ4n) is 2.61. The van der Waals surface area contributed by atoms with E-state index in [1.54, 1.807) is 0 Å². The van der Waals surface area contributed by atoms with Gasteiger partial charge in [-0.3, -0.25) is 4.79 Å². The van der Waals surface area contributed by atoms with Crippen LogP contribution in [0.1, 0.15) is 59.2 Å². The van der Waals surface area contributed by atoms with Crippen LogP contribution in [-0.2, 0) is 13.1 Å². The quantitative estimate of drug-likeness (QED) is 0.882. The van der Waals surface area contributed by atoms with E-state index in [2.05, 4.69) is 43.1 Å². The number of carbonyl (C=O) groups is 1. The van der Waals surface area contributed by atoms with Crippen molar-refractivity contribution in [3.8, 4) is 0 Å². The van der Waals surface area contributed by atoms with Gasteiger partial charge >= 0.3 is 0 Å². The molecule has 0 spiro atoms. The van der Waals surface area contributed by atoms with Crippen molar-refractivity contribution < 1.29 is 4.79 Å². The lowest BCUT2D eigenvalue weighted by Crippen LogP contribution is -2.32. The lowest BCUT2D eigenvalue weighted by Gasteiger charge is -2.22. The fraction of sp³-hybridized carbons (Fsp3) is 0.444. The second-order valence-electron chi connectivity index (χ2n) is 6.39. The van der Waals surface area contributed by atoms with Gasteiger partial charge in [-0.25, -0.2) is 4.98 Å². The number of carbonyl (C=O) groups excluding carboxylic acids is 1. The van der Waals surface area contributed by atoms with Crippen molar-refractivity contribution in [2.24, 2.45) is 5.73 Å². The zero-order valence-corrected chi connectivity index (χ0v) is 14.5. The predicted molar refractivity (Wildman–Crippen MR) is 93.4 cm³/mol. The summed E-state index contributed by atoms with van der Waals surface area (Å²) in [7, 11) is 0. The summed E-state index contributed by atoms with van der Waals surface area (Å²) >= 11 is 1.46. The van der Waals surface area contributed by atoms with E-state index in [4.69, 9.17) is 5.73 Å². The SMILES string of the molecule is CC(C)c1ccc(CN(C(=O)c2csc(CN)n2)C2CC2)cc1. The number of rotatable bonds is 6. The number of hydrogen-bond acceptors (Lipinski definition) is 4. The summed E-state index contributed by atoms with van der Waals surface area (Å²) in [4.78, 5) is 19.1. The number of hydrogen-bond donors (Lipinski definition) is 1. The molecule has 0 unspecified atom stereocenters. The molecule has 4 nitrogen and oxygen atoms in total. The molecule has 1 aliphatic rings. The van der Waals surface area contributed by atoms with Gasteiger partial charge in [0.2, 0.25) is 0 Å². The molecule has 0 atom stereocenters. The highest BCUT2D eigenvalue weighted by molar-refractivity contribution is 7.09. The first kappa shape index (κ1) is 16.1. The molecule has 122 valence electrons. The Kier molecular flexibility index (Phi) is 4.78. The number of nitrogens with zero attached hydrogens (tertiary/aromatic N) is 2. The van der Waals surface area contributed by atoms with Crippen LogP contribution in [0.25, 0.3) is 0 Å². The Hall–Kier alpha value is -1.72. The Bertz CT molecular complexity index is 674. The fourth-order valence-corrected chi connectivity index (χ4v) is 3.26. The van der Waals surface area contributed by atoms with Gasteiger partial charge in [0.25, 0.3) is 5.91 Å². The Labute approximate surface area is 141 Å². The molecule has 1 saturated carbocycles. The maximum atomic E-state index is 12.8. The molecule has 0 radical (unpaired) electrons. The lowest BCUT2D eigenvalue weighted by molar-refractivity contribution is 0.0724. The van der Waals surface area contributed by atoms with E-state index in [1.807, 2.05) is 10.3 Å². The highest BCUT2D eigenvalue weighted by Gasteiger charge is 2.33. The summed E-state index contributed by atoms with van der Waals surface area (Å²) in [6, 6.07) is 8.93. The number of aromatic nitrogens is 1. The molecule has 1 aromatic carbocycles. The normalized spacial score (nSPS) is 14.3. The Morgan fingerprint density at radius 2 is 2.04 bits per heavy atom. The monoisotopic (exact) mass is 329 g/mol. The number of thiazole rings is 1. The van der Waals surface area contributed by atoms with Crippen LogP contribution in [0.3, 0.4) is 0 Å². The largest absolute Gasteiger partial charge is 0.330 e. The number of benzene rings is 1. The van der Waals surface area contributed by atoms with Crippen LogP contribution >= 0.6 is 11.3 Å². The summed E-state index contributed by atoms with van der Waals surface area (Å²) < 4.78 is 0. The molecule has 2 N–H and O–H groups in total. The molecule has 1 heterocycles. The molecule has 0 saturated heterocycles. The molecule has 5 heteroatoms. The molecule has 1 aromatic heterocycles. The first-order chi connectivity index (χ1) is 11.1. The van der Waals surface area contributed by atoms with Crippen LogP contribution in [0.15, 0.2) is 29.6 Å². The van der Waals surface area contributed by atoms with Gasteiger partial charge in [0.1, 0.15) is 10.7 Å². The topological polar surface area (TPSA) is 59.2 Å². The minimum atomic E-state index is 0.0244. The summed E-state index contributed by atoms with van der Waals surface area (Å²) in [6.45, 7) is 5.41. The van der Waals surface area contributed by atoms with Crippen molar-refractivity contribution >= 4 is 17.2 Å². The van der Waals surface area contributed by atoms with E-state index < -0.39 is 0 Å². The summed E-state index contributed by atoms with van der Waals surface area (Å²) in [5.74, 6) is 0.547. The second kappa shape index (κ2) is 6.81. The molecule has 3 rings (SSSR count). The van der Waals surface area contributed by atoms with E-state index >= 15 is 0 Å². The molecule has 23 heavy (non-hydrogen) atoms. The molecule has 0 bridgehead atoms. The van der Waals surface area contributed by atoms with Crippen molar-refractivity contribution in [3.05, 3.63) is 51.5 Å². The Morgan fingerprint density at radius 1 is 1.35 bits per heavy atom. The van der Waals surface area contributed by atoms with E-state index in [-0.39, 0.29) is 5.91 Å². The molecule has 2 aromatic rings. The summed E-state index contributed by atoms with van der Waals surface area (Å²) in [5, 5.41) is 2.63. The molecule has 1 amide bonds. The smallest absolute Gasteiger partial charge is 0.273 e. The van der Waals surface area contributed by atoms with E-state index in [0.29, 0.717) is 30.7 Å². The van der Waals surface area contributed by atoms with Gasteiger partial charge in [0.05, 0.1) is 0 Å². The first-order valence-corrected chi connectivity index (χ1v) is 9.00. The predicted octanol–water partition coefficient (Wildman–Crippen LogP) is 3.53. The average molecular weight is 329 g/mol. The molecular weight excluding hydrogens is 306 g/mol. The van der Waals surface area contributed by atoms with Gasteiger partial charge in [-0.15, -0.1) is 11.3 Å². The highest BCUT2D eigenvalue weighted by Crippen LogP contribution is 2.30. The first-order valence-electron chi connectivity index (χ1n) is 8.12. The molecule has 1 fully saturated rings. The van der Waals surface area contributed by atoms with Crippen molar-refractivity contribution in [1.29, 1.82) is 0 Å². The average Bonchev–Trinajstić information content (AvgIpc) is 3.28. The van der Waals surface area contributed by atoms with Crippen LogP contribution < -0.4 is 5.73 Å². The Balaban J connectivity index is 1.75. The van der Waals surface area contributed by atoms with Crippen molar-refractivity contribution in [2.45, 2.75) is 51.7 Å². The van der Waals surface area contributed by atoms with Gasteiger partial charge in [-0.2, -0.15) is 0 Å². The van der Waals surface area contributed by atoms with Crippen LogP contribution in [0, 0.1) is 0 Å². The van der Waals surface area contributed by atoms with Crippen LogP contribution in [-0.4, -0.2) is 21.8 Å². The van der Waals surface area contributed by atoms with Crippen molar-refractivity contribution in [1.82, 2.24) is 9.88 Å². The van der Waals surface area contributed by atoms with Gasteiger partial charge in [-0.1, -0.05) is 38.1 Å². The van der Waals surface area contributed by atoms with Gasteiger partial charge in [0.15, 0.2) is 0 Å². The summed E-state index contributed by atoms with van der Waals surface area (Å²) in [6.07, 6.45) is 2.17. The summed E-state index contributed by atoms with van der Waals surface area (Å²) in [5.41, 5.74) is 8.62. The van der Waals surface area contributed by atoms with E-state index in [1.165, 1.54) is 22.5 Å². The third kappa shape index (κ3) is 3.79. The highest BCUT2D eigenvalue weighted by atomic mass is 32.1. The van der Waals surface area contributed by atoms with Crippen molar-refractivity contribution in [3.63, 3.8) is 0 Å². The second-order valence-corrected chi connectivity index (χ2v) is 7.33. The van der Waals surface area contributed by atoms with Gasteiger partial charge < -0.3 is 10.6 Å². The van der Waals surface area contributed by atoms with Gasteiger partial charge in [0, 0.05) is 24.5 Å². The van der Waals surface area contributed by atoms with Gasteiger partial charge in [-0.05, 0) is 29.9 Å². The van der Waals surface area contributed by atoms with Crippen molar-refractivity contribution in [2.75, 3.05) is 0 Å².